The SMILES string of the molecule is CCOC12NC(=O)N(c3ccccc3)C1(C)CC(=O)C=C2C. The van der Waals surface area contributed by atoms with Gasteiger partial charge in [0.15, 0.2) is 11.5 Å². The minimum atomic E-state index is -0.970. The smallest absolute Gasteiger partial charge is 0.325 e. The summed E-state index contributed by atoms with van der Waals surface area (Å²) in [5, 5.41) is 2.97. The van der Waals surface area contributed by atoms with Crippen LogP contribution in [0.4, 0.5) is 10.5 Å². The van der Waals surface area contributed by atoms with Crippen LogP contribution < -0.4 is 10.2 Å². The van der Waals surface area contributed by atoms with Gasteiger partial charge >= 0.3 is 6.03 Å². The van der Waals surface area contributed by atoms with E-state index in [1.54, 1.807) is 11.0 Å². The van der Waals surface area contributed by atoms with Crippen LogP contribution in [0.1, 0.15) is 27.2 Å². The van der Waals surface area contributed by atoms with E-state index >= 15 is 0 Å². The first-order valence-corrected chi connectivity index (χ1v) is 7.47. The number of hydrogen-bond donors (Lipinski definition) is 1. The molecule has 22 heavy (non-hydrogen) atoms. The van der Waals surface area contributed by atoms with Crippen LogP contribution in [0.2, 0.25) is 0 Å². The minimum Gasteiger partial charge on any atom is -0.350 e. The Kier molecular flexibility index (Phi) is 3.33. The average Bonchev–Trinajstić information content (AvgIpc) is 2.68. The van der Waals surface area contributed by atoms with E-state index in [-0.39, 0.29) is 18.2 Å². The third kappa shape index (κ3) is 1.82. The summed E-state index contributed by atoms with van der Waals surface area (Å²) in [6.07, 6.45) is 1.80. The van der Waals surface area contributed by atoms with Gasteiger partial charge in [-0.25, -0.2) is 4.79 Å². The number of urea groups is 1. The second-order valence-corrected chi connectivity index (χ2v) is 5.96. The number of ketones is 1. The highest BCUT2D eigenvalue weighted by Crippen LogP contribution is 2.47. The number of benzene rings is 1. The monoisotopic (exact) mass is 300 g/mol. The van der Waals surface area contributed by atoms with Gasteiger partial charge in [0.05, 0.1) is 0 Å². The maximum absolute atomic E-state index is 12.7. The fourth-order valence-electron chi connectivity index (χ4n) is 3.68. The van der Waals surface area contributed by atoms with Gasteiger partial charge < -0.3 is 10.1 Å². The molecular formula is C17H20N2O3. The number of carbonyl (C=O) groups is 2. The molecule has 0 bridgehead atoms. The lowest BCUT2D eigenvalue weighted by Gasteiger charge is -2.47. The summed E-state index contributed by atoms with van der Waals surface area (Å²) in [5.74, 6) is 0.00718. The van der Waals surface area contributed by atoms with E-state index in [1.165, 1.54) is 0 Å². The van der Waals surface area contributed by atoms with Gasteiger partial charge in [-0.3, -0.25) is 9.69 Å². The number of rotatable bonds is 3. The Morgan fingerprint density at radius 3 is 2.59 bits per heavy atom. The molecule has 0 saturated carbocycles. The molecule has 1 heterocycles. The third-order valence-corrected chi connectivity index (χ3v) is 4.56. The summed E-state index contributed by atoms with van der Waals surface area (Å²) < 4.78 is 5.99. The number of ether oxygens (including phenoxy) is 1. The Morgan fingerprint density at radius 2 is 1.95 bits per heavy atom. The van der Waals surface area contributed by atoms with Gasteiger partial charge in [0.25, 0.3) is 0 Å². The Hall–Kier alpha value is -2.14. The van der Waals surface area contributed by atoms with Crippen LogP contribution in [0.25, 0.3) is 0 Å². The van der Waals surface area contributed by atoms with Crippen LogP contribution in [0.15, 0.2) is 42.0 Å². The fraction of sp³-hybridized carbons (Fsp3) is 0.412. The number of para-hydroxylation sites is 1. The molecule has 116 valence electrons. The van der Waals surface area contributed by atoms with Gasteiger partial charge in [-0.05, 0) is 44.6 Å². The van der Waals surface area contributed by atoms with E-state index in [4.69, 9.17) is 4.74 Å². The predicted octanol–water partition coefficient (Wildman–Crippen LogP) is 2.63. The highest BCUT2D eigenvalue weighted by Gasteiger charge is 2.64. The molecule has 1 aliphatic heterocycles. The number of carbonyl (C=O) groups excluding carboxylic acids is 2. The van der Waals surface area contributed by atoms with Crippen LogP contribution in [-0.4, -0.2) is 29.7 Å². The summed E-state index contributed by atoms with van der Waals surface area (Å²) in [5.41, 5.74) is -0.272. The zero-order valence-corrected chi connectivity index (χ0v) is 13.1. The Morgan fingerprint density at radius 1 is 1.27 bits per heavy atom. The Balaban J connectivity index is 2.18. The molecule has 1 fully saturated rings. The summed E-state index contributed by atoms with van der Waals surface area (Å²) >= 11 is 0. The first kappa shape index (κ1) is 14.8. The highest BCUT2D eigenvalue weighted by molar-refractivity contribution is 6.03. The van der Waals surface area contributed by atoms with Crippen molar-refractivity contribution >= 4 is 17.5 Å². The largest absolute Gasteiger partial charge is 0.350 e. The third-order valence-electron chi connectivity index (χ3n) is 4.56. The van der Waals surface area contributed by atoms with Gasteiger partial charge in [-0.15, -0.1) is 0 Å². The summed E-state index contributed by atoms with van der Waals surface area (Å²) in [6, 6.07) is 9.13. The zero-order valence-electron chi connectivity index (χ0n) is 13.1. The van der Waals surface area contributed by atoms with Crippen molar-refractivity contribution in [3.8, 4) is 0 Å². The van der Waals surface area contributed by atoms with Gasteiger partial charge in [0, 0.05) is 18.7 Å². The van der Waals surface area contributed by atoms with E-state index in [0.717, 1.165) is 11.3 Å². The van der Waals surface area contributed by atoms with E-state index < -0.39 is 11.3 Å². The number of nitrogens with one attached hydrogen (secondary N) is 1. The van der Waals surface area contributed by atoms with Crippen molar-refractivity contribution in [2.75, 3.05) is 11.5 Å². The standard InChI is InChI=1S/C17H20N2O3/c1-4-22-17-12(2)10-14(20)11-16(17,3)19(15(21)18-17)13-8-6-5-7-9-13/h5-10H,4,11H2,1-3H3,(H,18,21). The van der Waals surface area contributed by atoms with Gasteiger partial charge in [-0.2, -0.15) is 0 Å². The molecule has 2 unspecified atom stereocenters. The second kappa shape index (κ2) is 4.95. The van der Waals surface area contributed by atoms with Crippen LogP contribution in [0.3, 0.4) is 0 Å². The van der Waals surface area contributed by atoms with Crippen molar-refractivity contribution < 1.29 is 14.3 Å². The molecule has 0 spiro atoms. The van der Waals surface area contributed by atoms with Crippen molar-refractivity contribution in [1.29, 1.82) is 0 Å². The normalized spacial score (nSPS) is 30.9. The van der Waals surface area contributed by atoms with Crippen LogP contribution >= 0.6 is 0 Å². The lowest BCUT2D eigenvalue weighted by atomic mass is 9.75. The van der Waals surface area contributed by atoms with Crippen LogP contribution in [-0.2, 0) is 9.53 Å². The number of nitrogens with zero attached hydrogens (tertiary/aromatic N) is 1. The molecule has 1 saturated heterocycles. The molecule has 0 radical (unpaired) electrons. The lowest BCUT2D eigenvalue weighted by Crippen LogP contribution is -2.64. The number of fused-ring (bicyclic) bond motifs is 1. The van der Waals surface area contributed by atoms with E-state index in [2.05, 4.69) is 5.32 Å². The molecule has 1 aliphatic carbocycles. The molecule has 3 rings (SSSR count). The van der Waals surface area contributed by atoms with Crippen molar-refractivity contribution in [1.82, 2.24) is 5.32 Å². The van der Waals surface area contributed by atoms with Crippen molar-refractivity contribution in [2.45, 2.75) is 38.5 Å². The summed E-state index contributed by atoms with van der Waals surface area (Å²) in [4.78, 5) is 26.5. The van der Waals surface area contributed by atoms with Crippen LogP contribution in [0.5, 0.6) is 0 Å². The number of anilines is 1. The minimum absolute atomic E-state index is 0.00718. The van der Waals surface area contributed by atoms with Crippen molar-refractivity contribution in [2.24, 2.45) is 0 Å². The second-order valence-electron chi connectivity index (χ2n) is 5.96. The first-order chi connectivity index (χ1) is 10.4. The molecule has 2 aliphatic rings. The maximum Gasteiger partial charge on any atom is 0.325 e. The first-order valence-electron chi connectivity index (χ1n) is 7.47. The fourth-order valence-corrected chi connectivity index (χ4v) is 3.68. The number of amides is 2. The average molecular weight is 300 g/mol. The predicted molar refractivity (Wildman–Crippen MR) is 83.6 cm³/mol. The van der Waals surface area contributed by atoms with E-state index in [9.17, 15) is 9.59 Å². The molecule has 2 atom stereocenters. The highest BCUT2D eigenvalue weighted by atomic mass is 16.5. The van der Waals surface area contributed by atoms with Crippen molar-refractivity contribution in [3.63, 3.8) is 0 Å². The molecule has 5 heteroatoms. The molecule has 1 N–H and O–H groups in total. The van der Waals surface area contributed by atoms with E-state index in [1.807, 2.05) is 51.1 Å². The summed E-state index contributed by atoms with van der Waals surface area (Å²) in [6.45, 7) is 6.07. The number of allylic oxidation sites excluding steroid dienone is 1. The number of hydrogen-bond acceptors (Lipinski definition) is 3. The summed E-state index contributed by atoms with van der Waals surface area (Å²) in [7, 11) is 0. The Bertz CT molecular complexity index is 655. The maximum atomic E-state index is 12.7. The van der Waals surface area contributed by atoms with Gasteiger partial charge in [-0.1, -0.05) is 18.2 Å². The quantitative estimate of drug-likeness (QED) is 0.933. The Labute approximate surface area is 129 Å². The lowest BCUT2D eigenvalue weighted by molar-refractivity contribution is -0.122. The van der Waals surface area contributed by atoms with Crippen LogP contribution in [0, 0.1) is 0 Å². The van der Waals surface area contributed by atoms with Crippen molar-refractivity contribution in [3.05, 3.63) is 42.0 Å². The van der Waals surface area contributed by atoms with E-state index in [0.29, 0.717) is 6.61 Å². The molecule has 5 nitrogen and oxygen atoms in total. The molecule has 0 aromatic heterocycles. The van der Waals surface area contributed by atoms with Gasteiger partial charge in [0.1, 0.15) is 5.54 Å². The molecule has 1 aromatic rings. The molecule has 2 amide bonds. The zero-order chi connectivity index (χ0) is 16.0. The topological polar surface area (TPSA) is 58.6 Å². The molecule has 1 aromatic carbocycles. The molecular weight excluding hydrogens is 280 g/mol. The van der Waals surface area contributed by atoms with Gasteiger partial charge in [0.2, 0.25) is 0 Å².